The Kier molecular flexibility index (Phi) is 12.0. The zero-order chi connectivity index (χ0) is 20.2. The van der Waals surface area contributed by atoms with E-state index in [1.165, 1.54) is 5.56 Å². The highest BCUT2D eigenvalue weighted by atomic mass is 127. The average Bonchev–Trinajstić information content (AvgIpc) is 3.23. The summed E-state index contributed by atoms with van der Waals surface area (Å²) in [4.78, 5) is 16.3. The number of guanidine groups is 1. The molecule has 1 heterocycles. The number of nitrogens with one attached hydrogen (secondary N) is 3. The summed E-state index contributed by atoms with van der Waals surface area (Å²) >= 11 is 0. The van der Waals surface area contributed by atoms with Gasteiger partial charge in [-0.05, 0) is 50.5 Å². The van der Waals surface area contributed by atoms with Gasteiger partial charge in [0.2, 0.25) is 5.91 Å². The minimum Gasteiger partial charge on any atom is -0.357 e. The smallest absolute Gasteiger partial charge is 0.222 e. The van der Waals surface area contributed by atoms with Crippen molar-refractivity contribution in [1.29, 1.82) is 0 Å². The molecule has 1 unspecified atom stereocenters. The molecular formula is C21H33IN6O. The van der Waals surface area contributed by atoms with Gasteiger partial charge < -0.3 is 16.0 Å². The second kappa shape index (κ2) is 14.0. The van der Waals surface area contributed by atoms with E-state index in [-0.39, 0.29) is 35.9 Å². The second-order valence-electron chi connectivity index (χ2n) is 6.68. The van der Waals surface area contributed by atoms with Crippen LogP contribution in [0.4, 0.5) is 0 Å². The molecule has 3 N–H and O–H groups in total. The Morgan fingerprint density at radius 1 is 1.21 bits per heavy atom. The maximum atomic E-state index is 11.8. The molecule has 0 aliphatic heterocycles. The molecule has 0 saturated heterocycles. The average molecular weight is 512 g/mol. The van der Waals surface area contributed by atoms with Gasteiger partial charge >= 0.3 is 0 Å². The van der Waals surface area contributed by atoms with Gasteiger partial charge in [-0.1, -0.05) is 19.1 Å². The fraction of sp³-hybridized carbons (Fsp3) is 0.476. The van der Waals surface area contributed by atoms with Crippen molar-refractivity contribution in [2.24, 2.45) is 4.99 Å². The highest BCUT2D eigenvalue weighted by Gasteiger charge is 2.05. The van der Waals surface area contributed by atoms with E-state index in [4.69, 9.17) is 0 Å². The van der Waals surface area contributed by atoms with Crippen LogP contribution in [0.1, 0.15) is 39.2 Å². The maximum absolute atomic E-state index is 11.8. The van der Waals surface area contributed by atoms with Crippen molar-refractivity contribution in [1.82, 2.24) is 25.7 Å². The Balaban J connectivity index is 0.00000420. The fourth-order valence-corrected chi connectivity index (χ4v) is 2.62. The number of halogens is 1. The summed E-state index contributed by atoms with van der Waals surface area (Å²) in [5, 5.41) is 13.7. The third kappa shape index (κ3) is 9.29. The van der Waals surface area contributed by atoms with Crippen molar-refractivity contribution in [3.8, 4) is 5.69 Å². The van der Waals surface area contributed by atoms with E-state index in [9.17, 15) is 4.79 Å². The minimum atomic E-state index is 0. The lowest BCUT2D eigenvalue weighted by atomic mass is 10.1. The van der Waals surface area contributed by atoms with Crippen LogP contribution in [0.25, 0.3) is 5.69 Å². The van der Waals surface area contributed by atoms with Gasteiger partial charge in [0.25, 0.3) is 0 Å². The van der Waals surface area contributed by atoms with Crippen LogP contribution in [0.15, 0.2) is 47.7 Å². The maximum Gasteiger partial charge on any atom is 0.222 e. The van der Waals surface area contributed by atoms with Gasteiger partial charge in [-0.15, -0.1) is 24.0 Å². The molecule has 1 aromatic heterocycles. The Morgan fingerprint density at radius 2 is 1.97 bits per heavy atom. The van der Waals surface area contributed by atoms with Crippen LogP contribution in [-0.4, -0.2) is 47.3 Å². The summed E-state index contributed by atoms with van der Waals surface area (Å²) in [6.07, 6.45) is 5.92. The highest BCUT2D eigenvalue weighted by molar-refractivity contribution is 14.0. The number of aromatic nitrogens is 2. The number of hydrogen-bond donors (Lipinski definition) is 3. The monoisotopic (exact) mass is 512 g/mol. The highest BCUT2D eigenvalue weighted by Crippen LogP contribution is 2.08. The van der Waals surface area contributed by atoms with E-state index in [2.05, 4.69) is 57.2 Å². The van der Waals surface area contributed by atoms with E-state index in [0.717, 1.165) is 37.6 Å². The van der Waals surface area contributed by atoms with Crippen molar-refractivity contribution < 1.29 is 4.79 Å². The first kappa shape index (κ1) is 24.9. The summed E-state index contributed by atoms with van der Waals surface area (Å²) in [5.74, 6) is 0.790. The number of carbonyl (C=O) groups is 1. The summed E-state index contributed by atoms with van der Waals surface area (Å²) in [5.41, 5.74) is 2.29. The van der Waals surface area contributed by atoms with Crippen LogP contribution in [0.5, 0.6) is 0 Å². The molecule has 0 fully saturated rings. The summed E-state index contributed by atoms with van der Waals surface area (Å²) in [7, 11) is 0. The predicted octanol–water partition coefficient (Wildman–Crippen LogP) is 2.89. The van der Waals surface area contributed by atoms with Gasteiger partial charge in [-0.3, -0.25) is 9.79 Å². The van der Waals surface area contributed by atoms with Crippen molar-refractivity contribution in [3.05, 3.63) is 48.3 Å². The zero-order valence-electron chi connectivity index (χ0n) is 17.5. The number of hydrogen-bond acceptors (Lipinski definition) is 3. The topological polar surface area (TPSA) is 83.3 Å². The largest absolute Gasteiger partial charge is 0.357 e. The summed E-state index contributed by atoms with van der Waals surface area (Å²) in [6, 6.07) is 10.5. The van der Waals surface area contributed by atoms with Crippen LogP contribution in [0, 0.1) is 0 Å². The van der Waals surface area contributed by atoms with Crippen molar-refractivity contribution >= 4 is 35.8 Å². The van der Waals surface area contributed by atoms with Gasteiger partial charge in [0.1, 0.15) is 0 Å². The van der Waals surface area contributed by atoms with E-state index in [1.54, 1.807) is 6.20 Å². The number of amides is 1. The number of benzene rings is 1. The number of rotatable bonds is 10. The molecule has 0 spiro atoms. The van der Waals surface area contributed by atoms with E-state index < -0.39 is 0 Å². The lowest BCUT2D eigenvalue weighted by Crippen LogP contribution is -2.38. The first-order valence-corrected chi connectivity index (χ1v) is 10.0. The molecule has 29 heavy (non-hydrogen) atoms. The van der Waals surface area contributed by atoms with Crippen LogP contribution in [0.3, 0.4) is 0 Å². The van der Waals surface area contributed by atoms with Crippen molar-refractivity contribution in [3.63, 3.8) is 0 Å². The molecule has 2 rings (SSSR count). The molecular weight excluding hydrogens is 479 g/mol. The van der Waals surface area contributed by atoms with E-state index >= 15 is 0 Å². The van der Waals surface area contributed by atoms with E-state index in [1.807, 2.05) is 30.8 Å². The second-order valence-corrected chi connectivity index (χ2v) is 6.68. The third-order valence-electron chi connectivity index (χ3n) is 4.38. The molecule has 160 valence electrons. The van der Waals surface area contributed by atoms with Gasteiger partial charge in [-0.25, -0.2) is 4.68 Å². The first-order valence-electron chi connectivity index (χ1n) is 10.0. The molecule has 7 nitrogen and oxygen atoms in total. The molecule has 1 atom stereocenters. The molecule has 0 aliphatic rings. The molecule has 0 bridgehead atoms. The van der Waals surface area contributed by atoms with Crippen molar-refractivity contribution in [2.45, 2.75) is 46.1 Å². The Labute approximate surface area is 190 Å². The molecule has 0 saturated carbocycles. The fourth-order valence-electron chi connectivity index (χ4n) is 2.62. The molecule has 1 aromatic carbocycles. The van der Waals surface area contributed by atoms with Crippen LogP contribution < -0.4 is 16.0 Å². The molecule has 2 aromatic rings. The number of nitrogens with zero attached hydrogens (tertiary/aromatic N) is 3. The third-order valence-corrected chi connectivity index (χ3v) is 4.38. The van der Waals surface area contributed by atoms with E-state index in [0.29, 0.717) is 13.0 Å². The molecule has 1 amide bonds. The Morgan fingerprint density at radius 3 is 2.59 bits per heavy atom. The van der Waals surface area contributed by atoms with Crippen LogP contribution >= 0.6 is 24.0 Å². The minimum absolute atomic E-state index is 0. The normalized spacial score (nSPS) is 12.0. The quantitative estimate of drug-likeness (QED) is 0.260. The summed E-state index contributed by atoms with van der Waals surface area (Å²) < 4.78 is 1.84. The van der Waals surface area contributed by atoms with Gasteiger partial charge in [0.05, 0.1) is 12.2 Å². The first-order chi connectivity index (χ1) is 13.6. The SMILES string of the molecule is CCNC(=NCCC(=O)NC(C)CC)NCCc1ccc(-n2cccn2)cc1.I. The number of carbonyl (C=O) groups excluding carboxylic acids is 1. The van der Waals surface area contributed by atoms with Gasteiger partial charge in [0, 0.05) is 37.9 Å². The lowest BCUT2D eigenvalue weighted by molar-refractivity contribution is -0.121. The van der Waals surface area contributed by atoms with Crippen molar-refractivity contribution in [2.75, 3.05) is 19.6 Å². The van der Waals surface area contributed by atoms with Crippen LogP contribution in [0.2, 0.25) is 0 Å². The Hall–Kier alpha value is -2.10. The van der Waals surface area contributed by atoms with Crippen LogP contribution in [-0.2, 0) is 11.2 Å². The van der Waals surface area contributed by atoms with Gasteiger partial charge in [0.15, 0.2) is 5.96 Å². The lowest BCUT2D eigenvalue weighted by Gasteiger charge is -2.12. The number of aliphatic imine (C=N–C) groups is 1. The predicted molar refractivity (Wildman–Crippen MR) is 129 cm³/mol. The standard InChI is InChI=1S/C21H32N6O.HI/c1-4-17(3)26-20(28)12-15-24-21(22-5-2)23-14-11-18-7-9-19(10-8-18)27-16-6-13-25-27;/h6-10,13,16-17H,4-5,11-12,14-15H2,1-3H3,(H,26,28)(H2,22,23,24);1H. The van der Waals surface area contributed by atoms with Gasteiger partial charge in [-0.2, -0.15) is 5.10 Å². The summed E-state index contributed by atoms with van der Waals surface area (Å²) in [6.45, 7) is 8.11. The molecule has 8 heteroatoms. The Bertz CT molecular complexity index is 730. The zero-order valence-corrected chi connectivity index (χ0v) is 19.8. The molecule has 0 radical (unpaired) electrons. The molecule has 0 aliphatic carbocycles.